The Morgan fingerprint density at radius 1 is 1.53 bits per heavy atom. The fraction of sp³-hybridized carbons (Fsp3) is 0.583. The molecule has 0 bridgehead atoms. The summed E-state index contributed by atoms with van der Waals surface area (Å²) in [4.78, 5) is 21.1. The van der Waals surface area contributed by atoms with Gasteiger partial charge in [0.05, 0.1) is 0 Å². The zero-order valence-electron chi connectivity index (χ0n) is 10.8. The van der Waals surface area contributed by atoms with Crippen LogP contribution < -0.4 is 4.90 Å². The molecular weight excluding hydrogens is 218 g/mol. The average molecular weight is 237 g/mol. The first-order valence-corrected chi connectivity index (χ1v) is 5.70. The average Bonchev–Trinajstić information content (AvgIpc) is 2.25. The Morgan fingerprint density at radius 2 is 2.18 bits per heavy atom. The molecule has 0 spiro atoms. The van der Waals surface area contributed by atoms with Crippen molar-refractivity contribution in [3.8, 4) is 0 Å². The van der Waals surface area contributed by atoms with Crippen LogP contribution in [0.25, 0.3) is 0 Å². The highest BCUT2D eigenvalue weighted by molar-refractivity contribution is 5.92. The van der Waals surface area contributed by atoms with E-state index in [1.807, 2.05) is 11.9 Å². The Labute approximate surface area is 102 Å². The molecule has 5 nitrogen and oxygen atoms in total. The summed E-state index contributed by atoms with van der Waals surface area (Å²) in [6.07, 6.45) is 2.37. The molecule has 0 atom stereocenters. The molecule has 1 rings (SSSR count). The van der Waals surface area contributed by atoms with E-state index < -0.39 is 5.97 Å². The van der Waals surface area contributed by atoms with Crippen LogP contribution in [-0.4, -0.2) is 34.6 Å². The Balaban J connectivity index is 2.94. The SMILES string of the molecule is Cc1ncc(C(=O)O)c(N(C)CCC(C)C)n1. The number of hydrogen-bond donors (Lipinski definition) is 1. The molecule has 0 aromatic carbocycles. The summed E-state index contributed by atoms with van der Waals surface area (Å²) >= 11 is 0. The molecule has 1 aromatic heterocycles. The van der Waals surface area contributed by atoms with Crippen molar-refractivity contribution < 1.29 is 9.90 Å². The predicted molar refractivity (Wildman–Crippen MR) is 66.5 cm³/mol. The number of anilines is 1. The highest BCUT2D eigenvalue weighted by atomic mass is 16.4. The van der Waals surface area contributed by atoms with Crippen LogP contribution in [0.3, 0.4) is 0 Å². The number of rotatable bonds is 5. The summed E-state index contributed by atoms with van der Waals surface area (Å²) in [5.41, 5.74) is 0.154. The molecule has 1 aromatic rings. The number of nitrogens with zero attached hydrogens (tertiary/aromatic N) is 3. The molecular formula is C12H19N3O2. The third kappa shape index (κ3) is 3.69. The lowest BCUT2D eigenvalue weighted by atomic mass is 10.1. The molecule has 1 N–H and O–H groups in total. The molecule has 17 heavy (non-hydrogen) atoms. The maximum absolute atomic E-state index is 11.1. The van der Waals surface area contributed by atoms with Gasteiger partial charge in [0.15, 0.2) is 0 Å². The number of aryl methyl sites for hydroxylation is 1. The predicted octanol–water partition coefficient (Wildman–Crippen LogP) is 1.97. The zero-order valence-corrected chi connectivity index (χ0v) is 10.8. The monoisotopic (exact) mass is 237 g/mol. The summed E-state index contributed by atoms with van der Waals surface area (Å²) < 4.78 is 0. The standard InChI is InChI=1S/C12H19N3O2/c1-8(2)5-6-15(4)11-10(12(16)17)7-13-9(3)14-11/h7-8H,5-6H2,1-4H3,(H,16,17). The van der Waals surface area contributed by atoms with Gasteiger partial charge in [-0.05, 0) is 19.3 Å². The van der Waals surface area contributed by atoms with E-state index in [0.29, 0.717) is 17.6 Å². The fourth-order valence-corrected chi connectivity index (χ4v) is 1.46. The molecule has 5 heteroatoms. The molecule has 0 saturated carbocycles. The highest BCUT2D eigenvalue weighted by Crippen LogP contribution is 2.17. The van der Waals surface area contributed by atoms with Crippen LogP contribution in [0, 0.1) is 12.8 Å². The minimum atomic E-state index is -0.989. The lowest BCUT2D eigenvalue weighted by Crippen LogP contribution is -2.24. The van der Waals surface area contributed by atoms with Gasteiger partial charge >= 0.3 is 5.97 Å². The van der Waals surface area contributed by atoms with Crippen molar-refractivity contribution in [2.24, 2.45) is 5.92 Å². The second kappa shape index (κ2) is 5.61. The van der Waals surface area contributed by atoms with E-state index in [1.165, 1.54) is 6.20 Å². The largest absolute Gasteiger partial charge is 0.477 e. The molecule has 0 aliphatic heterocycles. The van der Waals surface area contributed by atoms with Crippen molar-refractivity contribution >= 4 is 11.8 Å². The number of aromatic carboxylic acids is 1. The third-order valence-electron chi connectivity index (χ3n) is 2.52. The van der Waals surface area contributed by atoms with E-state index in [2.05, 4.69) is 23.8 Å². The van der Waals surface area contributed by atoms with Gasteiger partial charge in [-0.3, -0.25) is 0 Å². The van der Waals surface area contributed by atoms with Crippen LogP contribution in [0.15, 0.2) is 6.20 Å². The van der Waals surface area contributed by atoms with E-state index in [4.69, 9.17) is 5.11 Å². The van der Waals surface area contributed by atoms with Gasteiger partial charge in [-0.25, -0.2) is 14.8 Å². The first kappa shape index (κ1) is 13.4. The molecule has 0 saturated heterocycles. The van der Waals surface area contributed by atoms with E-state index >= 15 is 0 Å². The molecule has 0 amide bonds. The normalized spacial score (nSPS) is 10.6. The first-order valence-electron chi connectivity index (χ1n) is 5.70. The first-order chi connectivity index (χ1) is 7.91. The summed E-state index contributed by atoms with van der Waals surface area (Å²) in [5.74, 6) is 0.664. The second-order valence-corrected chi connectivity index (χ2v) is 4.56. The number of hydrogen-bond acceptors (Lipinski definition) is 4. The van der Waals surface area contributed by atoms with Crippen LogP contribution >= 0.6 is 0 Å². The number of carboxylic acids is 1. The minimum Gasteiger partial charge on any atom is -0.477 e. The topological polar surface area (TPSA) is 66.3 Å². The summed E-state index contributed by atoms with van der Waals surface area (Å²) in [5, 5.41) is 9.08. The lowest BCUT2D eigenvalue weighted by Gasteiger charge is -2.20. The van der Waals surface area contributed by atoms with Crippen molar-refractivity contribution in [2.75, 3.05) is 18.5 Å². The van der Waals surface area contributed by atoms with Crippen LogP contribution in [0.5, 0.6) is 0 Å². The second-order valence-electron chi connectivity index (χ2n) is 4.56. The van der Waals surface area contributed by atoms with Crippen molar-refractivity contribution in [1.29, 1.82) is 0 Å². The third-order valence-corrected chi connectivity index (χ3v) is 2.52. The number of carboxylic acid groups (broad SMARTS) is 1. The van der Waals surface area contributed by atoms with E-state index in [9.17, 15) is 4.79 Å². The van der Waals surface area contributed by atoms with Gasteiger partial charge in [0, 0.05) is 19.8 Å². The van der Waals surface area contributed by atoms with Gasteiger partial charge in [-0.1, -0.05) is 13.8 Å². The maximum Gasteiger partial charge on any atom is 0.341 e. The van der Waals surface area contributed by atoms with Crippen LogP contribution in [0.4, 0.5) is 5.82 Å². The van der Waals surface area contributed by atoms with Gasteiger partial charge in [0.25, 0.3) is 0 Å². The Hall–Kier alpha value is -1.65. The number of aromatic nitrogens is 2. The van der Waals surface area contributed by atoms with Crippen LogP contribution in [0.2, 0.25) is 0 Å². The summed E-state index contributed by atoms with van der Waals surface area (Å²) in [6, 6.07) is 0. The number of carbonyl (C=O) groups is 1. The Bertz CT molecular complexity index is 405. The highest BCUT2D eigenvalue weighted by Gasteiger charge is 2.16. The zero-order chi connectivity index (χ0) is 13.0. The molecule has 0 aliphatic rings. The van der Waals surface area contributed by atoms with Crippen LogP contribution in [-0.2, 0) is 0 Å². The maximum atomic E-state index is 11.1. The van der Waals surface area contributed by atoms with E-state index in [0.717, 1.165) is 13.0 Å². The van der Waals surface area contributed by atoms with Gasteiger partial charge in [0.1, 0.15) is 17.2 Å². The quantitative estimate of drug-likeness (QED) is 0.848. The smallest absolute Gasteiger partial charge is 0.341 e. The van der Waals surface area contributed by atoms with Crippen molar-refractivity contribution in [1.82, 2.24) is 9.97 Å². The van der Waals surface area contributed by atoms with Crippen molar-refractivity contribution in [2.45, 2.75) is 27.2 Å². The van der Waals surface area contributed by atoms with Crippen molar-refractivity contribution in [3.63, 3.8) is 0 Å². The molecule has 0 aliphatic carbocycles. The molecule has 94 valence electrons. The lowest BCUT2D eigenvalue weighted by molar-refractivity contribution is 0.0696. The van der Waals surface area contributed by atoms with E-state index in [1.54, 1.807) is 6.92 Å². The van der Waals surface area contributed by atoms with Crippen LogP contribution in [0.1, 0.15) is 36.5 Å². The minimum absolute atomic E-state index is 0.154. The summed E-state index contributed by atoms with van der Waals surface area (Å²) in [7, 11) is 1.86. The molecule has 0 radical (unpaired) electrons. The molecule has 1 heterocycles. The van der Waals surface area contributed by atoms with E-state index in [-0.39, 0.29) is 5.56 Å². The Morgan fingerprint density at radius 3 is 2.71 bits per heavy atom. The van der Waals surface area contributed by atoms with Gasteiger partial charge in [-0.15, -0.1) is 0 Å². The van der Waals surface area contributed by atoms with Gasteiger partial charge in [0.2, 0.25) is 0 Å². The van der Waals surface area contributed by atoms with Gasteiger partial charge < -0.3 is 10.0 Å². The summed E-state index contributed by atoms with van der Waals surface area (Å²) in [6.45, 7) is 6.81. The Kier molecular flexibility index (Phi) is 4.43. The fourth-order valence-electron chi connectivity index (χ4n) is 1.46. The van der Waals surface area contributed by atoms with Gasteiger partial charge in [-0.2, -0.15) is 0 Å². The molecule has 0 unspecified atom stereocenters. The molecule has 0 fully saturated rings. The van der Waals surface area contributed by atoms with Crippen molar-refractivity contribution in [3.05, 3.63) is 17.6 Å².